The Morgan fingerprint density at radius 2 is 2.43 bits per heavy atom. The maximum atomic E-state index is 9.75. The van der Waals surface area contributed by atoms with Crippen molar-refractivity contribution in [3.8, 4) is 0 Å². The molecule has 0 amide bonds. The van der Waals surface area contributed by atoms with Gasteiger partial charge in [0.15, 0.2) is 0 Å². The summed E-state index contributed by atoms with van der Waals surface area (Å²) in [6, 6.07) is 3.76. The highest BCUT2D eigenvalue weighted by Gasteiger charge is 2.11. The summed E-state index contributed by atoms with van der Waals surface area (Å²) in [7, 11) is 0. The number of H-pyrrole nitrogens is 1. The Morgan fingerprint density at radius 3 is 3.00 bits per heavy atom. The highest BCUT2D eigenvalue weighted by Crippen LogP contribution is 2.18. The number of aliphatic hydroxyl groups excluding tert-OH is 1. The molecule has 0 saturated carbocycles. The van der Waals surface area contributed by atoms with Crippen LogP contribution in [0.1, 0.15) is 23.2 Å². The first-order valence-corrected chi connectivity index (χ1v) is 4.48. The lowest BCUT2D eigenvalue weighted by Gasteiger charge is -2.04. The smallest absolute Gasteiger partial charge is 0.107 e. The first-order valence-electron chi connectivity index (χ1n) is 4.48. The summed E-state index contributed by atoms with van der Waals surface area (Å²) in [6.45, 7) is 1.88. The van der Waals surface area contributed by atoms with Gasteiger partial charge in [-0.3, -0.25) is 5.10 Å². The van der Waals surface area contributed by atoms with Crippen LogP contribution in [0.2, 0.25) is 0 Å². The second-order valence-electron chi connectivity index (χ2n) is 3.26. The molecule has 2 rings (SSSR count). The molecule has 2 N–H and O–H groups in total. The minimum Gasteiger partial charge on any atom is -0.466 e. The van der Waals surface area contributed by atoms with Crippen LogP contribution in [0.15, 0.2) is 28.9 Å². The molecule has 0 fully saturated rings. The molecule has 4 nitrogen and oxygen atoms in total. The molecule has 0 saturated heterocycles. The van der Waals surface area contributed by atoms with Crippen LogP contribution in [-0.4, -0.2) is 15.3 Å². The molecule has 4 heteroatoms. The molecule has 0 aliphatic rings. The van der Waals surface area contributed by atoms with Gasteiger partial charge in [-0.25, -0.2) is 0 Å². The minimum atomic E-state index is -0.556. The molecule has 2 aromatic rings. The Morgan fingerprint density at radius 1 is 1.57 bits per heavy atom. The Balaban J connectivity index is 2.05. The van der Waals surface area contributed by atoms with Crippen LogP contribution >= 0.6 is 0 Å². The van der Waals surface area contributed by atoms with Crippen molar-refractivity contribution in [3.63, 3.8) is 0 Å². The van der Waals surface area contributed by atoms with E-state index in [1.165, 1.54) is 0 Å². The van der Waals surface area contributed by atoms with Crippen LogP contribution in [0.5, 0.6) is 0 Å². The van der Waals surface area contributed by atoms with Crippen LogP contribution in [0.4, 0.5) is 0 Å². The number of aryl methyl sites for hydroxylation is 1. The number of aliphatic hydroxyl groups is 1. The standard InChI is InChI=1S/C10H12N2O2/c1-7-2-3-9(14-7)4-10(13)8-5-11-12-6-8/h2-3,5-6,10,13H,4H2,1H3,(H,11,12). The summed E-state index contributed by atoms with van der Waals surface area (Å²) in [6.07, 6.45) is 3.22. The summed E-state index contributed by atoms with van der Waals surface area (Å²) in [4.78, 5) is 0. The third-order valence-corrected chi connectivity index (χ3v) is 2.09. The van der Waals surface area contributed by atoms with E-state index in [1.54, 1.807) is 12.4 Å². The van der Waals surface area contributed by atoms with Crippen molar-refractivity contribution in [2.75, 3.05) is 0 Å². The van der Waals surface area contributed by atoms with Crippen molar-refractivity contribution in [2.45, 2.75) is 19.4 Å². The van der Waals surface area contributed by atoms with Gasteiger partial charge >= 0.3 is 0 Å². The zero-order valence-corrected chi connectivity index (χ0v) is 7.90. The van der Waals surface area contributed by atoms with Crippen molar-refractivity contribution in [2.24, 2.45) is 0 Å². The minimum absolute atomic E-state index is 0.480. The Hall–Kier alpha value is -1.55. The van der Waals surface area contributed by atoms with Crippen molar-refractivity contribution >= 4 is 0 Å². The van der Waals surface area contributed by atoms with E-state index < -0.39 is 6.10 Å². The van der Waals surface area contributed by atoms with Crippen molar-refractivity contribution in [1.29, 1.82) is 0 Å². The van der Waals surface area contributed by atoms with E-state index in [0.717, 1.165) is 17.1 Å². The third kappa shape index (κ3) is 1.85. The number of hydrogen-bond acceptors (Lipinski definition) is 3. The van der Waals surface area contributed by atoms with Crippen LogP contribution in [0.3, 0.4) is 0 Å². The molecule has 2 aromatic heterocycles. The molecule has 0 aromatic carbocycles. The van der Waals surface area contributed by atoms with Gasteiger partial charge in [0.2, 0.25) is 0 Å². The predicted molar refractivity (Wildman–Crippen MR) is 50.7 cm³/mol. The van der Waals surface area contributed by atoms with Gasteiger partial charge in [0, 0.05) is 18.2 Å². The lowest BCUT2D eigenvalue weighted by atomic mass is 10.1. The average Bonchev–Trinajstić information content (AvgIpc) is 2.75. The monoisotopic (exact) mass is 192 g/mol. The summed E-state index contributed by atoms with van der Waals surface area (Å²) in [5.41, 5.74) is 0.777. The van der Waals surface area contributed by atoms with E-state index in [1.807, 2.05) is 19.1 Å². The topological polar surface area (TPSA) is 62.1 Å². The summed E-state index contributed by atoms with van der Waals surface area (Å²) in [5, 5.41) is 16.2. The second-order valence-corrected chi connectivity index (χ2v) is 3.26. The molecule has 0 bridgehead atoms. The summed E-state index contributed by atoms with van der Waals surface area (Å²) >= 11 is 0. The zero-order chi connectivity index (χ0) is 9.97. The van der Waals surface area contributed by atoms with Gasteiger partial charge in [-0.2, -0.15) is 5.10 Å². The summed E-state index contributed by atoms with van der Waals surface area (Å²) < 4.78 is 5.36. The first-order chi connectivity index (χ1) is 6.75. The number of aromatic nitrogens is 2. The fraction of sp³-hybridized carbons (Fsp3) is 0.300. The van der Waals surface area contributed by atoms with Gasteiger partial charge in [0.25, 0.3) is 0 Å². The molecule has 1 atom stereocenters. The molecule has 74 valence electrons. The molecule has 0 spiro atoms. The van der Waals surface area contributed by atoms with E-state index in [0.29, 0.717) is 6.42 Å². The third-order valence-electron chi connectivity index (χ3n) is 2.09. The maximum Gasteiger partial charge on any atom is 0.107 e. The van der Waals surface area contributed by atoms with Gasteiger partial charge < -0.3 is 9.52 Å². The molecule has 14 heavy (non-hydrogen) atoms. The maximum absolute atomic E-state index is 9.75. The van der Waals surface area contributed by atoms with E-state index in [2.05, 4.69) is 10.2 Å². The normalized spacial score (nSPS) is 13.0. The van der Waals surface area contributed by atoms with Crippen LogP contribution < -0.4 is 0 Å². The fourth-order valence-electron chi connectivity index (χ4n) is 1.35. The van der Waals surface area contributed by atoms with Crippen molar-refractivity contribution in [1.82, 2.24) is 10.2 Å². The van der Waals surface area contributed by atoms with E-state index in [4.69, 9.17) is 4.42 Å². The van der Waals surface area contributed by atoms with E-state index in [-0.39, 0.29) is 0 Å². The van der Waals surface area contributed by atoms with Crippen LogP contribution in [-0.2, 0) is 6.42 Å². The Kier molecular flexibility index (Phi) is 2.37. The quantitative estimate of drug-likeness (QED) is 0.776. The number of hydrogen-bond donors (Lipinski definition) is 2. The van der Waals surface area contributed by atoms with Gasteiger partial charge in [-0.1, -0.05) is 0 Å². The Bertz CT molecular complexity index is 392. The molecule has 0 aliphatic heterocycles. The number of nitrogens with one attached hydrogen (secondary N) is 1. The molecule has 0 radical (unpaired) electrons. The van der Waals surface area contributed by atoms with Crippen LogP contribution in [0.25, 0.3) is 0 Å². The van der Waals surface area contributed by atoms with Gasteiger partial charge in [0.05, 0.1) is 12.3 Å². The molecule has 1 unspecified atom stereocenters. The largest absolute Gasteiger partial charge is 0.466 e. The number of nitrogens with zero attached hydrogens (tertiary/aromatic N) is 1. The lowest BCUT2D eigenvalue weighted by Crippen LogP contribution is -1.99. The Labute approximate surface area is 81.6 Å². The summed E-state index contributed by atoms with van der Waals surface area (Å²) in [5.74, 6) is 1.65. The highest BCUT2D eigenvalue weighted by atomic mass is 16.3. The fourth-order valence-corrected chi connectivity index (χ4v) is 1.35. The first kappa shape index (κ1) is 9.02. The number of rotatable bonds is 3. The SMILES string of the molecule is Cc1ccc(CC(O)c2cn[nH]c2)o1. The molecular weight excluding hydrogens is 180 g/mol. The van der Waals surface area contributed by atoms with Crippen LogP contribution in [0, 0.1) is 6.92 Å². The molecular formula is C10H12N2O2. The highest BCUT2D eigenvalue weighted by molar-refractivity contribution is 5.12. The lowest BCUT2D eigenvalue weighted by molar-refractivity contribution is 0.170. The van der Waals surface area contributed by atoms with Gasteiger partial charge in [-0.05, 0) is 19.1 Å². The molecule has 2 heterocycles. The second kappa shape index (κ2) is 3.67. The number of furan rings is 1. The average molecular weight is 192 g/mol. The van der Waals surface area contributed by atoms with Gasteiger partial charge in [-0.15, -0.1) is 0 Å². The van der Waals surface area contributed by atoms with E-state index in [9.17, 15) is 5.11 Å². The zero-order valence-electron chi connectivity index (χ0n) is 7.90. The molecule has 0 aliphatic carbocycles. The van der Waals surface area contributed by atoms with Crippen molar-refractivity contribution in [3.05, 3.63) is 41.6 Å². The predicted octanol–water partition coefficient (Wildman–Crippen LogP) is 1.59. The van der Waals surface area contributed by atoms with Gasteiger partial charge in [0.1, 0.15) is 11.5 Å². The number of aromatic amines is 1. The van der Waals surface area contributed by atoms with E-state index >= 15 is 0 Å². The van der Waals surface area contributed by atoms with Crippen molar-refractivity contribution < 1.29 is 9.52 Å².